The van der Waals surface area contributed by atoms with Crippen molar-refractivity contribution in [2.75, 3.05) is 0 Å². The van der Waals surface area contributed by atoms with Gasteiger partial charge in [0.1, 0.15) is 0 Å². The van der Waals surface area contributed by atoms with Gasteiger partial charge in [-0.25, -0.2) is 0 Å². The van der Waals surface area contributed by atoms with Crippen molar-refractivity contribution in [3.05, 3.63) is 0 Å². The Bertz CT molecular complexity index is 23.6. The molecule has 0 amide bonds. The van der Waals surface area contributed by atoms with Crippen molar-refractivity contribution in [2.24, 2.45) is 0 Å². The molecule has 0 saturated heterocycles. The molecule has 2 atom stereocenters. The summed E-state index contributed by atoms with van der Waals surface area (Å²) in [5.41, 5.74) is 0. The first-order valence-electron chi connectivity index (χ1n) is 1.15. The Kier molecular flexibility index (Phi) is 4.46. The van der Waals surface area contributed by atoms with Crippen LogP contribution in [-0.2, 0) is 0 Å². The fourth-order valence-corrected chi connectivity index (χ4v) is 0. The zero-order chi connectivity index (χ0) is 4.28. The molecule has 0 aliphatic carbocycles. The van der Waals surface area contributed by atoms with Gasteiger partial charge < -0.3 is 0 Å². The van der Waals surface area contributed by atoms with Gasteiger partial charge in [-0.15, -0.1) is 0 Å². The molecule has 4 heavy (non-hydrogen) atoms. The van der Waals surface area contributed by atoms with E-state index in [4.69, 9.17) is 0.594 Å². The van der Waals surface area contributed by atoms with Gasteiger partial charge in [-0.05, 0) is 0 Å². The molecule has 1 radical (unpaired) electrons. The monoisotopic (exact) mass is 206 g/mol. The molecule has 2 unspecified atom stereocenters. The average Bonchev–Trinajstić information content (AvgIpc) is 1.38. The molecule has 0 rings (SSSR count). The summed E-state index contributed by atoms with van der Waals surface area (Å²) in [7, 11) is 2.43. The van der Waals surface area contributed by atoms with E-state index in [2.05, 4.69) is 16.0 Å². The van der Waals surface area contributed by atoms with Crippen LogP contribution in [-0.4, -0.2) is 5.45 Å². The molecule has 0 heterocycles. The Balaban J connectivity index is 2.54. The Morgan fingerprint density at radius 1 is 2.25 bits per heavy atom. The summed E-state index contributed by atoms with van der Waals surface area (Å²) in [5, 5.41) is 0. The topological polar surface area (TPSA) is 0 Å². The minimum atomic E-state index is -1.28. The first-order valence-corrected chi connectivity index (χ1v) is 6.86. The SMILES string of the molecule is [2H]I(P)[B]P. The van der Waals surface area contributed by atoms with Crippen molar-refractivity contribution in [3.63, 3.8) is 0 Å². The normalized spacial score (nSPS) is 13.5. The first-order chi connectivity index (χ1) is 2.27. The van der Waals surface area contributed by atoms with E-state index in [1.807, 2.05) is 4.86 Å². The van der Waals surface area contributed by atoms with Crippen LogP contribution in [0.15, 0.2) is 0 Å². The van der Waals surface area contributed by atoms with E-state index >= 15 is 0 Å². The maximum absolute atomic E-state index is 6.87. The van der Waals surface area contributed by atoms with E-state index in [1.54, 1.807) is 0 Å². The summed E-state index contributed by atoms with van der Waals surface area (Å²) in [6.07, 6.45) is 0. The standard InChI is InChI=1S/BH5IP2/c3-1-2-4/h2H,3-4H2/i2D. The molecule has 0 N–H and O–H groups in total. The second-order valence-corrected chi connectivity index (χ2v) is 5.07. The fourth-order valence-electron chi connectivity index (χ4n) is 0. The maximum atomic E-state index is 6.87. The Labute approximate surface area is 41.9 Å². The van der Waals surface area contributed by atoms with E-state index in [-0.39, 0.29) is 0 Å². The predicted molar refractivity (Wildman–Crippen MR) is 40.6 cm³/mol. The van der Waals surface area contributed by atoms with Gasteiger partial charge in [-0.3, -0.25) is 0 Å². The molecule has 0 aromatic rings. The summed E-state index contributed by atoms with van der Waals surface area (Å²) in [6, 6.07) is 0. The summed E-state index contributed by atoms with van der Waals surface area (Å²) < 4.78 is 6.87. The number of halogens is 1. The van der Waals surface area contributed by atoms with Crippen LogP contribution in [0, 0.1) is 0 Å². The van der Waals surface area contributed by atoms with Crippen molar-refractivity contribution in [1.29, 1.82) is 0.594 Å². The van der Waals surface area contributed by atoms with E-state index in [9.17, 15) is 0 Å². The van der Waals surface area contributed by atoms with Gasteiger partial charge in [-0.1, -0.05) is 0 Å². The van der Waals surface area contributed by atoms with Crippen LogP contribution in [0.5, 0.6) is 0 Å². The van der Waals surface area contributed by atoms with Crippen LogP contribution in [0.25, 0.3) is 0 Å². The fraction of sp³-hybridized carbons (Fsp3) is 0. The van der Waals surface area contributed by atoms with Gasteiger partial charge in [0, 0.05) is 0 Å². The molecule has 0 aliphatic rings. The number of rotatable bonds is 1. The number of hydrogen-bond donors (Lipinski definition) is 0. The third-order valence-corrected chi connectivity index (χ3v) is 4.39. The Morgan fingerprint density at radius 3 is 2.50 bits per heavy atom. The van der Waals surface area contributed by atoms with Gasteiger partial charge in [0.15, 0.2) is 0 Å². The second kappa shape index (κ2) is 4.65. The molecule has 0 aromatic heterocycles. The molecule has 0 nitrogen and oxygen atoms in total. The van der Waals surface area contributed by atoms with Crippen molar-refractivity contribution in [3.8, 4) is 0 Å². The molecular weight excluding hydrogens is 200 g/mol. The van der Waals surface area contributed by atoms with Crippen LogP contribution in [0.3, 0.4) is 0 Å². The molecule has 25 valence electrons. The van der Waals surface area contributed by atoms with Gasteiger partial charge >= 0.3 is 41.7 Å². The Morgan fingerprint density at radius 2 is 2.50 bits per heavy atom. The molecule has 0 saturated carbocycles. The van der Waals surface area contributed by atoms with Crippen molar-refractivity contribution in [2.45, 2.75) is 0 Å². The van der Waals surface area contributed by atoms with Gasteiger partial charge in [0.25, 0.3) is 0 Å². The summed E-state index contributed by atoms with van der Waals surface area (Å²) in [4.78, 5) is 1.87. The second-order valence-electron chi connectivity index (χ2n) is 0.252. The average molecular weight is 206 g/mol. The Hall–Kier alpha value is 1.65. The summed E-state index contributed by atoms with van der Waals surface area (Å²) >= 11 is -1.28. The van der Waals surface area contributed by atoms with Crippen LogP contribution in [0.2, 0.25) is 0 Å². The van der Waals surface area contributed by atoms with Crippen molar-refractivity contribution < 1.29 is 0 Å². The van der Waals surface area contributed by atoms with Gasteiger partial charge in [-0.2, -0.15) is 0 Å². The van der Waals surface area contributed by atoms with Crippen LogP contribution >= 0.6 is 36.2 Å². The molecule has 4 heteroatoms. The van der Waals surface area contributed by atoms with Crippen LogP contribution in [0.4, 0.5) is 0 Å². The van der Waals surface area contributed by atoms with E-state index in [0.29, 0.717) is 0 Å². The van der Waals surface area contributed by atoms with Crippen LogP contribution < -0.4 is 0 Å². The minimum absolute atomic E-state index is 1.28. The molecule has 0 aromatic carbocycles. The predicted octanol–water partition coefficient (Wildman–Crippen LogP) is 0.889. The third kappa shape index (κ3) is 3.65. The third-order valence-electron chi connectivity index (χ3n) is 0.0727. The van der Waals surface area contributed by atoms with Gasteiger partial charge in [0.05, 0.1) is 0 Å². The van der Waals surface area contributed by atoms with Gasteiger partial charge in [0.2, 0.25) is 0 Å². The van der Waals surface area contributed by atoms with Crippen molar-refractivity contribution in [1.82, 2.24) is 0 Å². The quantitative estimate of drug-likeness (QED) is 0.339. The molecular formula is H5BIP2. The first kappa shape index (κ1) is 3.83. The summed E-state index contributed by atoms with van der Waals surface area (Å²) in [6.45, 7) is 2.48. The summed E-state index contributed by atoms with van der Waals surface area (Å²) in [5.74, 6) is 0. The van der Waals surface area contributed by atoms with Crippen molar-refractivity contribution >= 4 is 41.1 Å². The number of hydrogen-bond acceptors (Lipinski definition) is 0. The molecule has 0 bridgehead atoms. The van der Waals surface area contributed by atoms with E-state index < -0.39 is 20.2 Å². The van der Waals surface area contributed by atoms with Crippen LogP contribution in [0.1, 0.15) is 0 Å². The zero-order valence-electron chi connectivity index (χ0n) is 3.11. The molecule has 0 aliphatic heterocycles. The van der Waals surface area contributed by atoms with E-state index in [1.165, 1.54) is 0 Å². The molecule has 0 fully saturated rings. The zero-order valence-corrected chi connectivity index (χ0v) is 6.58. The van der Waals surface area contributed by atoms with E-state index in [0.717, 1.165) is 0 Å². The molecule has 0 spiro atoms.